The Kier molecular flexibility index (Phi) is 7.36. The van der Waals surface area contributed by atoms with E-state index in [1.165, 1.54) is 0 Å². The average molecular weight is 512 g/mol. The number of ether oxygens (including phenoxy) is 3. The Balaban J connectivity index is 2.09. The molecule has 0 amide bonds. The highest BCUT2D eigenvalue weighted by atomic mass is 19.4. The molecule has 2 aromatic rings. The fourth-order valence-corrected chi connectivity index (χ4v) is 3.02. The molecule has 0 N–H and O–H groups in total. The van der Waals surface area contributed by atoms with E-state index in [1.807, 2.05) is 0 Å². The van der Waals surface area contributed by atoms with Gasteiger partial charge in [-0.25, -0.2) is 0 Å². The molecule has 0 atom stereocenters. The second kappa shape index (κ2) is 9.92. The van der Waals surface area contributed by atoms with Crippen molar-refractivity contribution in [3.63, 3.8) is 0 Å². The van der Waals surface area contributed by atoms with Gasteiger partial charge >= 0.3 is 36.3 Å². The van der Waals surface area contributed by atoms with Gasteiger partial charge < -0.3 is 14.2 Å². The molecule has 0 heterocycles. The smallest absolute Gasteiger partial charge is 0.437 e. The molecule has 13 heteroatoms. The van der Waals surface area contributed by atoms with E-state index >= 15 is 0 Å². The molecule has 188 valence electrons. The maximum absolute atomic E-state index is 14.6. The van der Waals surface area contributed by atoms with Crippen LogP contribution in [0.15, 0.2) is 72.7 Å². The van der Waals surface area contributed by atoms with Crippen molar-refractivity contribution in [2.45, 2.75) is 24.6 Å². The van der Waals surface area contributed by atoms with Crippen LogP contribution in [0.25, 0.3) is 0 Å². The topological polar surface area (TPSA) is 44.8 Å². The molecule has 35 heavy (non-hydrogen) atoms. The highest BCUT2D eigenvalue weighted by Crippen LogP contribution is 2.49. The lowest BCUT2D eigenvalue weighted by Gasteiger charge is -2.36. The van der Waals surface area contributed by atoms with Crippen LogP contribution < -0.4 is 9.47 Å². The summed E-state index contributed by atoms with van der Waals surface area (Å²) in [6.07, 6.45) is -10.3. The van der Waals surface area contributed by atoms with Crippen LogP contribution in [0.3, 0.4) is 0 Å². The number of halogens is 9. The molecule has 0 saturated heterocycles. The Morgan fingerprint density at radius 1 is 0.686 bits per heavy atom. The zero-order valence-corrected chi connectivity index (χ0v) is 17.1. The largest absolute Gasteiger partial charge is 0.439 e. The molecule has 1 fully saturated rings. The zero-order valence-electron chi connectivity index (χ0n) is 17.1. The SMILES string of the molecule is O=C(OC(c1ccc(OC(F)=C(F)F)cc1)(c1ccc(OC(F)=C(F)F)cc1)C(F)(F)F)C1CC1. The summed E-state index contributed by atoms with van der Waals surface area (Å²) in [5.41, 5.74) is -4.89. The molecule has 4 nitrogen and oxygen atoms in total. The number of rotatable bonds is 8. The van der Waals surface area contributed by atoms with Crippen LogP contribution in [0.1, 0.15) is 24.0 Å². The number of carbonyl (C=O) groups is 1. The Morgan fingerprint density at radius 3 is 1.34 bits per heavy atom. The molecule has 0 spiro atoms. The van der Waals surface area contributed by atoms with Crippen molar-refractivity contribution in [2.75, 3.05) is 0 Å². The van der Waals surface area contributed by atoms with Crippen molar-refractivity contribution < 1.29 is 58.5 Å². The molecule has 2 aromatic carbocycles. The third kappa shape index (κ3) is 5.72. The summed E-state index contributed by atoms with van der Waals surface area (Å²) >= 11 is 0. The zero-order chi connectivity index (χ0) is 26.0. The van der Waals surface area contributed by atoms with Gasteiger partial charge in [-0.3, -0.25) is 4.79 Å². The molecule has 1 aliphatic rings. The molecule has 0 aliphatic heterocycles. The van der Waals surface area contributed by atoms with Gasteiger partial charge in [-0.15, -0.1) is 0 Å². The molecule has 0 bridgehead atoms. The normalized spacial score (nSPS) is 13.6. The highest BCUT2D eigenvalue weighted by molar-refractivity contribution is 5.76. The molecule has 3 rings (SSSR count). The van der Waals surface area contributed by atoms with E-state index in [2.05, 4.69) is 9.47 Å². The monoisotopic (exact) mass is 512 g/mol. The second-order valence-corrected chi connectivity index (χ2v) is 7.20. The van der Waals surface area contributed by atoms with Crippen molar-refractivity contribution in [3.8, 4) is 11.5 Å². The number of hydrogen-bond acceptors (Lipinski definition) is 4. The first kappa shape index (κ1) is 26.0. The van der Waals surface area contributed by atoms with Crippen molar-refractivity contribution >= 4 is 5.97 Å². The minimum absolute atomic E-state index is 0.299. The molecular weight excluding hydrogens is 499 g/mol. The van der Waals surface area contributed by atoms with Gasteiger partial charge in [0.05, 0.1) is 5.92 Å². The summed E-state index contributed by atoms with van der Waals surface area (Å²) in [6, 6.07) is 1.32. The standard InChI is InChI=1S/C22H13F9O4/c23-16(24)18(27)33-14-7-3-12(4-8-14)21(22(29,30)31,35-20(32)11-1-2-11)13-5-9-15(10-6-13)34-19(28)17(25)26/h3-11H,1-2H2. The summed E-state index contributed by atoms with van der Waals surface area (Å²) < 4.78 is 132. The number of carbonyl (C=O) groups excluding carboxylic acids is 1. The number of alkyl halides is 3. The minimum atomic E-state index is -5.31. The van der Waals surface area contributed by atoms with Crippen LogP contribution in [-0.4, -0.2) is 12.1 Å². The maximum Gasteiger partial charge on any atom is 0.437 e. The van der Waals surface area contributed by atoms with E-state index in [9.17, 15) is 44.3 Å². The Bertz CT molecular complexity index is 1060. The van der Waals surface area contributed by atoms with Crippen molar-refractivity contribution in [3.05, 3.63) is 83.8 Å². The van der Waals surface area contributed by atoms with E-state index in [4.69, 9.17) is 4.74 Å². The highest BCUT2D eigenvalue weighted by Gasteiger charge is 2.61. The van der Waals surface area contributed by atoms with Gasteiger partial charge in [0.25, 0.3) is 5.60 Å². The van der Waals surface area contributed by atoms with Gasteiger partial charge in [0, 0.05) is 11.1 Å². The van der Waals surface area contributed by atoms with E-state index in [-0.39, 0.29) is 0 Å². The van der Waals surface area contributed by atoms with Gasteiger partial charge in [-0.05, 0) is 37.1 Å². The molecule has 1 saturated carbocycles. The summed E-state index contributed by atoms with van der Waals surface area (Å²) in [7, 11) is 0. The summed E-state index contributed by atoms with van der Waals surface area (Å²) in [5.74, 6) is -3.11. The second-order valence-electron chi connectivity index (χ2n) is 7.20. The quantitative estimate of drug-likeness (QED) is 0.212. The van der Waals surface area contributed by atoms with E-state index in [0.29, 0.717) is 12.8 Å². The van der Waals surface area contributed by atoms with E-state index in [1.54, 1.807) is 0 Å². The Morgan fingerprint density at radius 2 is 1.06 bits per heavy atom. The van der Waals surface area contributed by atoms with Crippen molar-refractivity contribution in [2.24, 2.45) is 5.92 Å². The average Bonchev–Trinajstić information content (AvgIpc) is 3.63. The van der Waals surface area contributed by atoms with E-state index < -0.39 is 70.5 Å². The fourth-order valence-electron chi connectivity index (χ4n) is 3.02. The van der Waals surface area contributed by atoms with Gasteiger partial charge in [0.15, 0.2) is 0 Å². The number of benzene rings is 2. The third-order valence-electron chi connectivity index (χ3n) is 4.80. The Hall–Kier alpha value is -3.64. The Labute approximate surface area is 191 Å². The third-order valence-corrected chi connectivity index (χ3v) is 4.80. The predicted molar refractivity (Wildman–Crippen MR) is 100 cm³/mol. The first-order chi connectivity index (χ1) is 16.3. The fraction of sp³-hybridized carbons (Fsp3) is 0.227. The molecular formula is C22H13F9O4. The lowest BCUT2D eigenvalue weighted by molar-refractivity contribution is -0.261. The van der Waals surface area contributed by atoms with Crippen molar-refractivity contribution in [1.82, 2.24) is 0 Å². The lowest BCUT2D eigenvalue weighted by Crippen LogP contribution is -2.47. The van der Waals surface area contributed by atoms with E-state index in [0.717, 1.165) is 48.5 Å². The van der Waals surface area contributed by atoms with Crippen LogP contribution in [0.5, 0.6) is 11.5 Å². The maximum atomic E-state index is 14.6. The molecule has 0 unspecified atom stereocenters. The summed E-state index contributed by atoms with van der Waals surface area (Å²) in [4.78, 5) is 12.3. The van der Waals surface area contributed by atoms with Gasteiger partial charge in [0.1, 0.15) is 11.5 Å². The van der Waals surface area contributed by atoms with Crippen LogP contribution in [0.2, 0.25) is 0 Å². The lowest BCUT2D eigenvalue weighted by atomic mass is 9.85. The number of esters is 1. The molecule has 1 aliphatic carbocycles. The van der Waals surface area contributed by atoms with Gasteiger partial charge in [-0.2, -0.15) is 39.5 Å². The molecule has 0 aromatic heterocycles. The van der Waals surface area contributed by atoms with Crippen LogP contribution >= 0.6 is 0 Å². The van der Waals surface area contributed by atoms with Crippen LogP contribution in [-0.2, 0) is 15.1 Å². The van der Waals surface area contributed by atoms with Gasteiger partial charge in [-0.1, -0.05) is 24.3 Å². The summed E-state index contributed by atoms with van der Waals surface area (Å²) in [6.45, 7) is 0. The first-order valence-corrected chi connectivity index (χ1v) is 9.63. The number of hydrogen-bond donors (Lipinski definition) is 0. The predicted octanol–water partition coefficient (Wildman–Crippen LogP) is 7.27. The first-order valence-electron chi connectivity index (χ1n) is 9.63. The van der Waals surface area contributed by atoms with Crippen molar-refractivity contribution in [1.29, 1.82) is 0 Å². The summed E-state index contributed by atoms with van der Waals surface area (Å²) in [5, 5.41) is 0. The minimum Gasteiger partial charge on any atom is -0.439 e. The van der Waals surface area contributed by atoms with Gasteiger partial charge in [0.2, 0.25) is 0 Å². The molecule has 0 radical (unpaired) electrons. The van der Waals surface area contributed by atoms with Crippen LogP contribution in [0, 0.1) is 5.92 Å². The van der Waals surface area contributed by atoms with Crippen LogP contribution in [0.4, 0.5) is 39.5 Å².